The third-order valence-electron chi connectivity index (χ3n) is 5.44. The Labute approximate surface area is 153 Å². The molecule has 26 heavy (non-hydrogen) atoms. The molecule has 0 aliphatic carbocycles. The van der Waals surface area contributed by atoms with Gasteiger partial charge < -0.3 is 19.8 Å². The summed E-state index contributed by atoms with van der Waals surface area (Å²) >= 11 is 0. The number of nitrogens with zero attached hydrogens (tertiary/aromatic N) is 3. The maximum Gasteiger partial charge on any atom is 0.239 e. The van der Waals surface area contributed by atoms with Crippen LogP contribution in [0.2, 0.25) is 0 Å². The minimum Gasteiger partial charge on any atom is -0.378 e. The molecule has 2 fully saturated rings. The highest BCUT2D eigenvalue weighted by Crippen LogP contribution is 2.22. The lowest BCUT2D eigenvalue weighted by Gasteiger charge is -2.42. The molecule has 0 bridgehead atoms. The standard InChI is InChI=1S/C19H27N5O2/c1-13-5-4-7-24-16(13)9-21-18(24)19(2,3)22-17(25)15-10-23(8-6-20-15)14-11-26-12-14/h4-5,7,9,14-15,20H,6,8,10-12H2,1-3H3,(H,22,25). The van der Waals surface area contributed by atoms with Crippen molar-refractivity contribution in [2.75, 3.05) is 32.8 Å². The maximum absolute atomic E-state index is 12.9. The molecule has 1 amide bonds. The van der Waals surface area contributed by atoms with Crippen LogP contribution in [0.4, 0.5) is 0 Å². The second-order valence-electron chi connectivity index (χ2n) is 7.84. The van der Waals surface area contributed by atoms with E-state index in [-0.39, 0.29) is 11.9 Å². The summed E-state index contributed by atoms with van der Waals surface area (Å²) in [5, 5.41) is 6.54. The molecule has 0 spiro atoms. The van der Waals surface area contributed by atoms with E-state index in [1.165, 1.54) is 5.56 Å². The number of fused-ring (bicyclic) bond motifs is 1. The van der Waals surface area contributed by atoms with E-state index < -0.39 is 5.54 Å². The van der Waals surface area contributed by atoms with E-state index in [0.29, 0.717) is 6.04 Å². The first kappa shape index (κ1) is 17.5. The molecule has 2 aromatic rings. The number of hydrogen-bond donors (Lipinski definition) is 2. The minimum atomic E-state index is -0.569. The lowest BCUT2D eigenvalue weighted by atomic mass is 10.0. The summed E-state index contributed by atoms with van der Waals surface area (Å²) in [5.41, 5.74) is 1.67. The number of amides is 1. The Morgan fingerprint density at radius 1 is 1.42 bits per heavy atom. The number of piperazine rings is 1. The Balaban J connectivity index is 1.49. The van der Waals surface area contributed by atoms with Crippen molar-refractivity contribution >= 4 is 11.4 Å². The van der Waals surface area contributed by atoms with Gasteiger partial charge in [-0.15, -0.1) is 0 Å². The van der Waals surface area contributed by atoms with E-state index in [1.807, 2.05) is 32.3 Å². The predicted molar refractivity (Wildman–Crippen MR) is 99.1 cm³/mol. The van der Waals surface area contributed by atoms with Gasteiger partial charge in [0.1, 0.15) is 5.82 Å². The fourth-order valence-electron chi connectivity index (χ4n) is 3.79. The van der Waals surface area contributed by atoms with Gasteiger partial charge in [-0.05, 0) is 32.4 Å². The van der Waals surface area contributed by atoms with Crippen LogP contribution >= 0.6 is 0 Å². The Morgan fingerprint density at radius 3 is 2.96 bits per heavy atom. The number of aromatic nitrogens is 2. The summed E-state index contributed by atoms with van der Waals surface area (Å²) < 4.78 is 7.35. The number of carbonyl (C=O) groups is 1. The van der Waals surface area contributed by atoms with Crippen LogP contribution in [0, 0.1) is 6.92 Å². The fourth-order valence-corrected chi connectivity index (χ4v) is 3.79. The molecular weight excluding hydrogens is 330 g/mol. The molecule has 2 saturated heterocycles. The van der Waals surface area contributed by atoms with E-state index in [1.54, 1.807) is 0 Å². The van der Waals surface area contributed by atoms with E-state index in [9.17, 15) is 4.79 Å². The van der Waals surface area contributed by atoms with Crippen LogP contribution in [0.25, 0.3) is 5.52 Å². The Hall–Kier alpha value is -1.96. The molecule has 2 N–H and O–H groups in total. The Morgan fingerprint density at radius 2 is 2.23 bits per heavy atom. The molecule has 0 saturated carbocycles. The van der Waals surface area contributed by atoms with Crippen molar-refractivity contribution in [3.8, 4) is 0 Å². The Bertz CT molecular complexity index is 811. The molecule has 1 unspecified atom stereocenters. The van der Waals surface area contributed by atoms with Crippen molar-refractivity contribution in [2.45, 2.75) is 38.4 Å². The summed E-state index contributed by atoms with van der Waals surface area (Å²) in [5.74, 6) is 0.856. The van der Waals surface area contributed by atoms with Crippen molar-refractivity contribution in [3.63, 3.8) is 0 Å². The smallest absolute Gasteiger partial charge is 0.239 e. The fraction of sp³-hybridized carbons (Fsp3) is 0.579. The first-order valence-corrected chi connectivity index (χ1v) is 9.26. The average molecular weight is 357 g/mol. The molecule has 4 rings (SSSR count). The lowest BCUT2D eigenvalue weighted by molar-refractivity contribution is -0.128. The quantitative estimate of drug-likeness (QED) is 0.842. The monoisotopic (exact) mass is 357 g/mol. The van der Waals surface area contributed by atoms with Crippen LogP contribution in [-0.2, 0) is 15.1 Å². The number of nitrogens with one attached hydrogen (secondary N) is 2. The number of aryl methyl sites for hydroxylation is 1. The summed E-state index contributed by atoms with van der Waals surface area (Å²) in [6, 6.07) is 4.32. The van der Waals surface area contributed by atoms with Gasteiger partial charge in [0.15, 0.2) is 0 Å². The van der Waals surface area contributed by atoms with Gasteiger partial charge in [-0.1, -0.05) is 6.07 Å². The van der Waals surface area contributed by atoms with Crippen molar-refractivity contribution in [1.29, 1.82) is 0 Å². The van der Waals surface area contributed by atoms with Gasteiger partial charge in [-0.2, -0.15) is 0 Å². The molecule has 1 atom stereocenters. The van der Waals surface area contributed by atoms with Crippen molar-refractivity contribution in [2.24, 2.45) is 0 Å². The van der Waals surface area contributed by atoms with E-state index in [4.69, 9.17) is 4.74 Å². The summed E-state index contributed by atoms with van der Waals surface area (Å²) in [4.78, 5) is 19.9. The van der Waals surface area contributed by atoms with Gasteiger partial charge in [0, 0.05) is 25.8 Å². The van der Waals surface area contributed by atoms with Crippen molar-refractivity contribution < 1.29 is 9.53 Å². The third-order valence-corrected chi connectivity index (χ3v) is 5.44. The van der Waals surface area contributed by atoms with E-state index >= 15 is 0 Å². The summed E-state index contributed by atoms with van der Waals surface area (Å²) in [7, 11) is 0. The molecule has 4 heterocycles. The topological polar surface area (TPSA) is 70.9 Å². The molecule has 2 aliphatic rings. The number of hydrogen-bond acceptors (Lipinski definition) is 5. The first-order valence-electron chi connectivity index (χ1n) is 9.26. The van der Waals surface area contributed by atoms with Crippen LogP contribution in [0.3, 0.4) is 0 Å². The first-order chi connectivity index (χ1) is 12.5. The average Bonchev–Trinajstić information content (AvgIpc) is 2.99. The zero-order valence-corrected chi connectivity index (χ0v) is 15.7. The highest BCUT2D eigenvalue weighted by atomic mass is 16.5. The summed E-state index contributed by atoms with van der Waals surface area (Å²) in [6.45, 7) is 10.1. The third kappa shape index (κ3) is 3.11. The molecule has 7 nitrogen and oxygen atoms in total. The molecule has 140 valence electrons. The van der Waals surface area contributed by atoms with E-state index in [2.05, 4.69) is 37.9 Å². The second-order valence-corrected chi connectivity index (χ2v) is 7.84. The predicted octanol–water partition coefficient (Wildman–Crippen LogP) is 0.667. The normalized spacial score (nSPS) is 22.3. The van der Waals surface area contributed by atoms with Gasteiger partial charge in [0.25, 0.3) is 0 Å². The minimum absolute atomic E-state index is 0.0179. The van der Waals surface area contributed by atoms with Crippen LogP contribution < -0.4 is 10.6 Å². The van der Waals surface area contributed by atoms with Gasteiger partial charge in [0.2, 0.25) is 5.91 Å². The lowest BCUT2D eigenvalue weighted by Crippen LogP contribution is -2.63. The van der Waals surface area contributed by atoms with Crippen molar-refractivity contribution in [1.82, 2.24) is 24.9 Å². The second kappa shape index (κ2) is 6.64. The highest BCUT2D eigenvalue weighted by molar-refractivity contribution is 5.83. The van der Waals surface area contributed by atoms with Crippen LogP contribution in [0.5, 0.6) is 0 Å². The van der Waals surface area contributed by atoms with Gasteiger partial charge in [-0.3, -0.25) is 9.69 Å². The number of imidazole rings is 1. The molecule has 2 aromatic heterocycles. The van der Waals surface area contributed by atoms with Crippen molar-refractivity contribution in [3.05, 3.63) is 35.9 Å². The van der Waals surface area contributed by atoms with Gasteiger partial charge >= 0.3 is 0 Å². The summed E-state index contributed by atoms with van der Waals surface area (Å²) in [6.07, 6.45) is 3.87. The maximum atomic E-state index is 12.9. The SMILES string of the molecule is Cc1cccn2c(C(C)(C)NC(=O)C3CN(C4COC4)CCN3)ncc12. The molecule has 0 radical (unpaired) electrons. The zero-order valence-electron chi connectivity index (χ0n) is 15.7. The molecule has 2 aliphatic heterocycles. The van der Waals surface area contributed by atoms with Crippen LogP contribution in [0.1, 0.15) is 25.2 Å². The number of carbonyl (C=O) groups excluding carboxylic acids is 1. The number of ether oxygens (including phenoxy) is 1. The largest absolute Gasteiger partial charge is 0.378 e. The molecule has 7 heteroatoms. The highest BCUT2D eigenvalue weighted by Gasteiger charge is 2.35. The van der Waals surface area contributed by atoms with Gasteiger partial charge in [-0.25, -0.2) is 4.98 Å². The van der Waals surface area contributed by atoms with Gasteiger partial charge in [0.05, 0.1) is 42.5 Å². The molecular formula is C19H27N5O2. The molecule has 0 aromatic carbocycles. The zero-order chi connectivity index (χ0) is 18.3. The number of rotatable bonds is 4. The Kier molecular flexibility index (Phi) is 4.46. The van der Waals surface area contributed by atoms with Crippen LogP contribution in [0.15, 0.2) is 24.5 Å². The van der Waals surface area contributed by atoms with Crippen LogP contribution in [-0.4, -0.2) is 65.1 Å². The van der Waals surface area contributed by atoms with E-state index in [0.717, 1.165) is 44.2 Å². The number of pyridine rings is 1.